The minimum atomic E-state index is -0.401. The fourth-order valence-electron chi connectivity index (χ4n) is 2.70. The molecule has 0 saturated carbocycles. The van der Waals surface area contributed by atoms with E-state index in [1.54, 1.807) is 26.4 Å². The molecular formula is C18H19N3O4S. The van der Waals surface area contributed by atoms with Gasteiger partial charge in [-0.3, -0.25) is 10.1 Å². The van der Waals surface area contributed by atoms with Crippen molar-refractivity contribution in [3.63, 3.8) is 0 Å². The predicted octanol–water partition coefficient (Wildman–Crippen LogP) is 3.89. The molecule has 136 valence electrons. The molecule has 0 fully saturated rings. The van der Waals surface area contributed by atoms with Crippen molar-refractivity contribution in [1.82, 2.24) is 9.55 Å². The maximum atomic E-state index is 11.0. The maximum absolute atomic E-state index is 11.0. The van der Waals surface area contributed by atoms with Crippen LogP contribution in [0, 0.1) is 10.1 Å². The summed E-state index contributed by atoms with van der Waals surface area (Å²) in [7, 11) is 3.23. The lowest BCUT2D eigenvalue weighted by Gasteiger charge is -2.10. The Balaban J connectivity index is 1.90. The summed E-state index contributed by atoms with van der Waals surface area (Å²) in [5.41, 5.74) is 2.77. The van der Waals surface area contributed by atoms with Gasteiger partial charge in [0.1, 0.15) is 5.75 Å². The number of aromatic nitrogens is 2. The SMILES string of the molecule is COCCn1c(SCc2cc([N+](=O)[O-])ccc2OC)nc2ccccc21. The average molecular weight is 373 g/mol. The third-order valence-corrected chi connectivity index (χ3v) is 5.00. The number of non-ortho nitro benzene ring substituents is 1. The molecule has 0 aliphatic carbocycles. The number of ether oxygens (including phenoxy) is 2. The summed E-state index contributed by atoms with van der Waals surface area (Å²) in [5.74, 6) is 1.14. The lowest BCUT2D eigenvalue weighted by molar-refractivity contribution is -0.384. The third-order valence-electron chi connectivity index (χ3n) is 3.97. The van der Waals surface area contributed by atoms with E-state index in [1.807, 2.05) is 24.3 Å². The number of benzene rings is 2. The van der Waals surface area contributed by atoms with Crippen molar-refractivity contribution < 1.29 is 14.4 Å². The predicted molar refractivity (Wildman–Crippen MR) is 101 cm³/mol. The van der Waals surface area contributed by atoms with E-state index in [0.29, 0.717) is 24.7 Å². The molecule has 0 atom stereocenters. The lowest BCUT2D eigenvalue weighted by Crippen LogP contribution is -2.05. The molecule has 0 unspecified atom stereocenters. The van der Waals surface area contributed by atoms with Crippen LogP contribution in [0.25, 0.3) is 11.0 Å². The molecule has 1 aromatic heterocycles. The molecule has 0 aliphatic rings. The van der Waals surface area contributed by atoms with Gasteiger partial charge in [0.15, 0.2) is 5.16 Å². The summed E-state index contributed by atoms with van der Waals surface area (Å²) < 4.78 is 12.7. The first-order valence-electron chi connectivity index (χ1n) is 8.02. The average Bonchev–Trinajstić information content (AvgIpc) is 3.01. The number of nitro groups is 1. The number of methoxy groups -OCH3 is 2. The summed E-state index contributed by atoms with van der Waals surface area (Å²) >= 11 is 1.52. The third kappa shape index (κ3) is 3.81. The van der Waals surface area contributed by atoms with E-state index in [4.69, 9.17) is 9.47 Å². The van der Waals surface area contributed by atoms with E-state index in [0.717, 1.165) is 21.8 Å². The summed E-state index contributed by atoms with van der Waals surface area (Å²) in [6, 6.07) is 12.5. The second-order valence-corrected chi connectivity index (χ2v) is 6.51. The number of hydrogen-bond donors (Lipinski definition) is 0. The second kappa shape index (κ2) is 8.20. The molecule has 0 radical (unpaired) electrons. The zero-order valence-corrected chi connectivity index (χ0v) is 15.4. The topological polar surface area (TPSA) is 79.4 Å². The first-order chi connectivity index (χ1) is 12.6. The van der Waals surface area contributed by atoms with Crippen LogP contribution >= 0.6 is 11.8 Å². The van der Waals surface area contributed by atoms with Gasteiger partial charge >= 0.3 is 0 Å². The molecule has 0 amide bonds. The van der Waals surface area contributed by atoms with Crippen LogP contribution in [0.3, 0.4) is 0 Å². The largest absolute Gasteiger partial charge is 0.496 e. The zero-order chi connectivity index (χ0) is 18.5. The Morgan fingerprint density at radius 1 is 1.23 bits per heavy atom. The zero-order valence-electron chi connectivity index (χ0n) is 14.5. The Bertz CT molecular complexity index is 926. The molecule has 2 aromatic carbocycles. The van der Waals surface area contributed by atoms with Gasteiger partial charge in [0.25, 0.3) is 5.69 Å². The molecule has 26 heavy (non-hydrogen) atoms. The van der Waals surface area contributed by atoms with Gasteiger partial charge in [-0.05, 0) is 18.2 Å². The molecule has 0 aliphatic heterocycles. The molecular weight excluding hydrogens is 354 g/mol. The number of nitro benzene ring substituents is 1. The molecule has 1 heterocycles. The van der Waals surface area contributed by atoms with Crippen molar-refractivity contribution in [2.45, 2.75) is 17.5 Å². The molecule has 7 nitrogen and oxygen atoms in total. The Hall–Kier alpha value is -2.58. The first kappa shape index (κ1) is 18.2. The smallest absolute Gasteiger partial charge is 0.270 e. The van der Waals surface area contributed by atoms with Crippen LogP contribution in [0.1, 0.15) is 5.56 Å². The molecule has 0 bridgehead atoms. The van der Waals surface area contributed by atoms with E-state index < -0.39 is 4.92 Å². The van der Waals surface area contributed by atoms with Crippen LogP contribution in [0.4, 0.5) is 5.69 Å². The second-order valence-electron chi connectivity index (χ2n) is 5.57. The van der Waals surface area contributed by atoms with Gasteiger partial charge in [-0.25, -0.2) is 4.98 Å². The van der Waals surface area contributed by atoms with E-state index in [-0.39, 0.29) is 5.69 Å². The van der Waals surface area contributed by atoms with Crippen LogP contribution in [0.15, 0.2) is 47.6 Å². The van der Waals surface area contributed by atoms with E-state index in [1.165, 1.54) is 17.8 Å². The fraction of sp³-hybridized carbons (Fsp3) is 0.278. The molecule has 0 N–H and O–H groups in total. The fourth-order valence-corrected chi connectivity index (χ4v) is 3.71. The first-order valence-corrected chi connectivity index (χ1v) is 9.01. The standard InChI is InChI=1S/C18H19N3O4S/c1-24-10-9-20-16-6-4-3-5-15(16)19-18(20)26-12-13-11-14(21(22)23)7-8-17(13)25-2/h3-8,11H,9-10,12H2,1-2H3. The normalized spacial score (nSPS) is 11.0. The van der Waals surface area contributed by atoms with Gasteiger partial charge in [-0.1, -0.05) is 23.9 Å². The van der Waals surface area contributed by atoms with Gasteiger partial charge in [0.2, 0.25) is 0 Å². The number of thioether (sulfide) groups is 1. The molecule has 3 rings (SSSR count). The number of imidazole rings is 1. The van der Waals surface area contributed by atoms with E-state index in [9.17, 15) is 10.1 Å². The molecule has 0 saturated heterocycles. The molecule has 3 aromatic rings. The number of rotatable bonds is 8. The summed E-state index contributed by atoms with van der Waals surface area (Å²) in [6.07, 6.45) is 0. The van der Waals surface area contributed by atoms with Crippen molar-refractivity contribution in [1.29, 1.82) is 0 Å². The quantitative estimate of drug-likeness (QED) is 0.339. The summed E-state index contributed by atoms with van der Waals surface area (Å²) in [6.45, 7) is 1.26. The van der Waals surface area contributed by atoms with Crippen molar-refractivity contribution >= 4 is 28.5 Å². The highest BCUT2D eigenvalue weighted by Crippen LogP contribution is 2.32. The number of nitrogens with zero attached hydrogens (tertiary/aromatic N) is 3. The van der Waals surface area contributed by atoms with Crippen LogP contribution in [0.2, 0.25) is 0 Å². The number of para-hydroxylation sites is 2. The van der Waals surface area contributed by atoms with Gasteiger partial charge in [0, 0.05) is 37.1 Å². The van der Waals surface area contributed by atoms with Crippen LogP contribution < -0.4 is 4.74 Å². The summed E-state index contributed by atoms with van der Waals surface area (Å²) in [4.78, 5) is 15.3. The maximum Gasteiger partial charge on any atom is 0.270 e. The monoisotopic (exact) mass is 373 g/mol. The van der Waals surface area contributed by atoms with Gasteiger partial charge < -0.3 is 14.0 Å². The van der Waals surface area contributed by atoms with Gasteiger partial charge in [-0.15, -0.1) is 0 Å². The van der Waals surface area contributed by atoms with Gasteiger partial charge in [-0.2, -0.15) is 0 Å². The van der Waals surface area contributed by atoms with Crippen molar-refractivity contribution in [2.24, 2.45) is 0 Å². The highest BCUT2D eigenvalue weighted by Gasteiger charge is 2.15. The van der Waals surface area contributed by atoms with Crippen molar-refractivity contribution in [3.8, 4) is 5.75 Å². The highest BCUT2D eigenvalue weighted by atomic mass is 32.2. The van der Waals surface area contributed by atoms with Crippen molar-refractivity contribution in [2.75, 3.05) is 20.8 Å². The van der Waals surface area contributed by atoms with Crippen LogP contribution in [-0.4, -0.2) is 35.3 Å². The molecule has 8 heteroatoms. The Labute approximate surface area is 155 Å². The number of hydrogen-bond acceptors (Lipinski definition) is 6. The van der Waals surface area contributed by atoms with Crippen LogP contribution in [0.5, 0.6) is 5.75 Å². The highest BCUT2D eigenvalue weighted by molar-refractivity contribution is 7.98. The Morgan fingerprint density at radius 2 is 2.04 bits per heavy atom. The van der Waals surface area contributed by atoms with E-state index >= 15 is 0 Å². The minimum absolute atomic E-state index is 0.0503. The van der Waals surface area contributed by atoms with Gasteiger partial charge in [0.05, 0.1) is 29.7 Å². The lowest BCUT2D eigenvalue weighted by atomic mass is 10.2. The summed E-state index contributed by atoms with van der Waals surface area (Å²) in [5, 5.41) is 11.9. The Kier molecular flexibility index (Phi) is 5.75. The molecule has 0 spiro atoms. The van der Waals surface area contributed by atoms with E-state index in [2.05, 4.69) is 9.55 Å². The minimum Gasteiger partial charge on any atom is -0.496 e. The van der Waals surface area contributed by atoms with Crippen LogP contribution in [-0.2, 0) is 17.0 Å². The number of fused-ring (bicyclic) bond motifs is 1. The van der Waals surface area contributed by atoms with Crippen molar-refractivity contribution in [3.05, 3.63) is 58.1 Å². The Morgan fingerprint density at radius 3 is 2.77 bits per heavy atom.